The average molecular weight is 393 g/mol. The summed E-state index contributed by atoms with van der Waals surface area (Å²) in [4.78, 5) is 32.3. The normalized spacial score (nSPS) is 16.3. The van der Waals surface area contributed by atoms with Gasteiger partial charge in [-0.3, -0.25) is 14.5 Å². The Morgan fingerprint density at radius 1 is 1.00 bits per heavy atom. The Hall–Kier alpha value is -3.09. The first-order valence-corrected chi connectivity index (χ1v) is 9.98. The first-order valence-electron chi connectivity index (χ1n) is 9.98. The molecule has 2 aliphatic rings. The first-order chi connectivity index (χ1) is 14.2. The minimum Gasteiger partial charge on any atom is -0.379 e. The molecule has 2 aromatic carbocycles. The molecule has 2 amide bonds. The van der Waals surface area contributed by atoms with Crippen molar-refractivity contribution in [2.45, 2.75) is 19.3 Å². The predicted octanol–water partition coefficient (Wildman–Crippen LogP) is 3.75. The number of amides is 2. The van der Waals surface area contributed by atoms with Gasteiger partial charge in [0.2, 0.25) is 0 Å². The molecule has 0 radical (unpaired) electrons. The van der Waals surface area contributed by atoms with Crippen molar-refractivity contribution in [3.8, 4) is 0 Å². The third-order valence-electron chi connectivity index (χ3n) is 5.52. The van der Waals surface area contributed by atoms with Crippen molar-refractivity contribution in [3.63, 3.8) is 0 Å². The summed E-state index contributed by atoms with van der Waals surface area (Å²) in [5, 5.41) is 5.11. The predicted molar refractivity (Wildman–Crippen MR) is 110 cm³/mol. The van der Waals surface area contributed by atoms with Crippen LogP contribution in [0.1, 0.15) is 40.0 Å². The van der Waals surface area contributed by atoms with E-state index in [0.717, 1.165) is 42.4 Å². The van der Waals surface area contributed by atoms with Crippen LogP contribution in [-0.4, -0.2) is 56.1 Å². The maximum Gasteiger partial charge on any atom is 0.261 e. The zero-order chi connectivity index (χ0) is 20.2. The van der Waals surface area contributed by atoms with Crippen molar-refractivity contribution in [1.29, 1.82) is 0 Å². The fourth-order valence-corrected chi connectivity index (χ4v) is 4.15. The summed E-state index contributed by atoms with van der Waals surface area (Å²) in [6.45, 7) is 2.85. The van der Waals surface area contributed by atoms with Crippen LogP contribution in [0.15, 0.2) is 35.4 Å². The van der Waals surface area contributed by atoms with Gasteiger partial charge in [0.05, 0.1) is 19.8 Å². The van der Waals surface area contributed by atoms with E-state index in [9.17, 15) is 9.59 Å². The van der Waals surface area contributed by atoms with Gasteiger partial charge in [0.1, 0.15) is 0 Å². The number of anilines is 1. The maximum absolute atomic E-state index is 13.0. The Bertz CT molecular complexity index is 971. The number of ether oxygens (including phenoxy) is 1. The smallest absolute Gasteiger partial charge is 0.261 e. The molecule has 0 bridgehead atoms. The quantitative estimate of drug-likeness (QED) is 0.235. The minimum atomic E-state index is -0.289. The second-order valence-electron chi connectivity index (χ2n) is 7.24. The summed E-state index contributed by atoms with van der Waals surface area (Å²) in [7, 11) is 0. The number of hydrogen-bond acceptors (Lipinski definition) is 5. The molecule has 4 rings (SSSR count). The second-order valence-corrected chi connectivity index (χ2v) is 7.24. The number of carbonyl (C=O) groups is 2. The van der Waals surface area contributed by atoms with Crippen molar-refractivity contribution in [2.75, 3.05) is 44.3 Å². The molecule has 2 aliphatic heterocycles. The highest BCUT2D eigenvalue weighted by Gasteiger charge is 2.33. The van der Waals surface area contributed by atoms with Crippen LogP contribution in [0.25, 0.3) is 21.2 Å². The molecular weight excluding hydrogens is 370 g/mol. The van der Waals surface area contributed by atoms with Gasteiger partial charge in [-0.25, -0.2) is 0 Å². The Morgan fingerprint density at radius 3 is 2.52 bits per heavy atom. The van der Waals surface area contributed by atoms with E-state index < -0.39 is 0 Å². The molecule has 1 fully saturated rings. The van der Waals surface area contributed by atoms with Gasteiger partial charge in [-0.15, -0.1) is 0 Å². The third-order valence-corrected chi connectivity index (χ3v) is 5.52. The summed E-state index contributed by atoms with van der Waals surface area (Å²) >= 11 is 0. The molecule has 0 aromatic heterocycles. The van der Waals surface area contributed by atoms with E-state index in [1.807, 2.05) is 24.3 Å². The molecule has 0 atom stereocenters. The van der Waals surface area contributed by atoms with E-state index in [1.54, 1.807) is 6.07 Å². The van der Waals surface area contributed by atoms with Crippen molar-refractivity contribution in [3.05, 3.63) is 51.9 Å². The van der Waals surface area contributed by atoms with E-state index in [4.69, 9.17) is 10.3 Å². The third kappa shape index (κ3) is 3.64. The van der Waals surface area contributed by atoms with Crippen LogP contribution in [-0.2, 0) is 4.74 Å². The van der Waals surface area contributed by atoms with Gasteiger partial charge in [0.15, 0.2) is 0 Å². The number of imide groups is 1. The van der Waals surface area contributed by atoms with Crippen LogP contribution >= 0.6 is 0 Å². The number of benzene rings is 2. The van der Waals surface area contributed by atoms with Crippen LogP contribution < -0.4 is 4.90 Å². The lowest BCUT2D eigenvalue weighted by atomic mass is 9.92. The van der Waals surface area contributed by atoms with Crippen LogP contribution in [0.3, 0.4) is 0 Å². The van der Waals surface area contributed by atoms with Gasteiger partial charge in [-0.1, -0.05) is 17.2 Å². The Labute approximate surface area is 168 Å². The van der Waals surface area contributed by atoms with E-state index in [0.29, 0.717) is 11.1 Å². The standard InChI is InChI=1S/C21H23N5O3/c22-24-23-9-13-29-14-12-26-20(27)16-6-4-5-15-18(25-10-2-1-3-11-25)8-7-17(19(15)16)21(26)28/h4-8H,1-3,9-14H2. The fourth-order valence-electron chi connectivity index (χ4n) is 4.15. The summed E-state index contributed by atoms with van der Waals surface area (Å²) < 4.78 is 5.38. The second kappa shape index (κ2) is 8.51. The molecule has 150 valence electrons. The van der Waals surface area contributed by atoms with E-state index in [1.165, 1.54) is 11.3 Å². The van der Waals surface area contributed by atoms with Crippen molar-refractivity contribution >= 4 is 28.3 Å². The lowest BCUT2D eigenvalue weighted by Gasteiger charge is -2.32. The molecule has 0 aliphatic carbocycles. The van der Waals surface area contributed by atoms with Crippen molar-refractivity contribution in [2.24, 2.45) is 5.11 Å². The van der Waals surface area contributed by atoms with Crippen LogP contribution in [0.5, 0.6) is 0 Å². The lowest BCUT2D eigenvalue weighted by Crippen LogP contribution is -2.42. The molecule has 29 heavy (non-hydrogen) atoms. The Balaban J connectivity index is 1.61. The van der Waals surface area contributed by atoms with Gasteiger partial charge in [-0.2, -0.15) is 0 Å². The van der Waals surface area contributed by atoms with Gasteiger partial charge >= 0.3 is 0 Å². The molecule has 2 aromatic rings. The van der Waals surface area contributed by atoms with Crippen molar-refractivity contribution in [1.82, 2.24) is 4.90 Å². The average Bonchev–Trinajstić information content (AvgIpc) is 2.76. The largest absolute Gasteiger partial charge is 0.379 e. The topological polar surface area (TPSA) is 98.6 Å². The number of piperidine rings is 1. The molecule has 2 heterocycles. The molecule has 0 saturated carbocycles. The highest BCUT2D eigenvalue weighted by molar-refractivity contribution is 6.26. The van der Waals surface area contributed by atoms with Crippen LogP contribution in [0.2, 0.25) is 0 Å². The minimum absolute atomic E-state index is 0.164. The zero-order valence-corrected chi connectivity index (χ0v) is 16.2. The van der Waals surface area contributed by atoms with Gasteiger partial charge in [0.25, 0.3) is 11.8 Å². The van der Waals surface area contributed by atoms with E-state index >= 15 is 0 Å². The van der Waals surface area contributed by atoms with E-state index in [2.05, 4.69) is 14.9 Å². The van der Waals surface area contributed by atoms with Gasteiger partial charge in [0, 0.05) is 52.1 Å². The molecule has 8 heteroatoms. The van der Waals surface area contributed by atoms with Crippen molar-refractivity contribution < 1.29 is 14.3 Å². The highest BCUT2D eigenvalue weighted by Crippen LogP contribution is 2.36. The summed E-state index contributed by atoms with van der Waals surface area (Å²) in [6.07, 6.45) is 3.57. The monoisotopic (exact) mass is 393 g/mol. The zero-order valence-electron chi connectivity index (χ0n) is 16.2. The Kier molecular flexibility index (Phi) is 5.64. The summed E-state index contributed by atoms with van der Waals surface area (Å²) in [5.74, 6) is -0.579. The number of azide groups is 1. The Morgan fingerprint density at radius 2 is 1.76 bits per heavy atom. The molecule has 0 spiro atoms. The highest BCUT2D eigenvalue weighted by atomic mass is 16.5. The number of nitrogens with zero attached hydrogens (tertiary/aromatic N) is 5. The summed E-state index contributed by atoms with van der Waals surface area (Å²) in [5.41, 5.74) is 10.5. The molecular formula is C21H23N5O3. The van der Waals surface area contributed by atoms with Crippen LogP contribution in [0.4, 0.5) is 5.69 Å². The molecule has 1 saturated heterocycles. The number of hydrogen-bond donors (Lipinski definition) is 0. The molecule has 0 N–H and O–H groups in total. The SMILES string of the molecule is [N-]=[N+]=NCCOCCN1C(=O)c2cccc3c(N4CCCCC4)ccc(c23)C1=O. The number of carbonyl (C=O) groups excluding carboxylic acids is 2. The van der Waals surface area contributed by atoms with Gasteiger partial charge in [-0.05, 0) is 43.0 Å². The fraction of sp³-hybridized carbons (Fsp3) is 0.429. The molecule has 0 unspecified atom stereocenters. The first kappa shape index (κ1) is 19.2. The molecule has 8 nitrogen and oxygen atoms in total. The summed E-state index contributed by atoms with van der Waals surface area (Å²) in [6, 6.07) is 9.53. The lowest BCUT2D eigenvalue weighted by molar-refractivity contribution is 0.0528. The maximum atomic E-state index is 13.0. The van der Waals surface area contributed by atoms with Gasteiger partial charge < -0.3 is 9.64 Å². The van der Waals surface area contributed by atoms with E-state index in [-0.39, 0.29) is 38.1 Å². The number of rotatable bonds is 7. The van der Waals surface area contributed by atoms with Crippen LogP contribution in [0, 0.1) is 0 Å².